The number of nitrogens with two attached hydrogens (primary N) is 1. The van der Waals surface area contributed by atoms with Crippen LogP contribution < -0.4 is 10.6 Å². The minimum Gasteiger partial charge on any atom is -0.504 e. The Labute approximate surface area is 169 Å². The summed E-state index contributed by atoms with van der Waals surface area (Å²) in [6, 6.07) is 10.6. The number of carbonyl (C=O) groups is 2. The number of anilines is 1. The summed E-state index contributed by atoms with van der Waals surface area (Å²) in [4.78, 5) is 26.8. The number of hydrogen-bond donors (Lipinski definition) is 3. The first kappa shape index (κ1) is 21.5. The van der Waals surface area contributed by atoms with Crippen LogP contribution in [-0.2, 0) is 27.2 Å². The SMILES string of the molecule is COC(=O)C(C)N(C(=O)C1(N)Cc2ccccc2C1)c1ccc(O)c(O)c1.Cl. The molecule has 7 nitrogen and oxygen atoms in total. The second-order valence-corrected chi connectivity index (χ2v) is 6.83. The fraction of sp³-hybridized carbons (Fsp3) is 0.300. The van der Waals surface area contributed by atoms with Crippen molar-refractivity contribution in [1.29, 1.82) is 0 Å². The van der Waals surface area contributed by atoms with E-state index in [0.717, 1.165) is 11.1 Å². The van der Waals surface area contributed by atoms with Gasteiger partial charge in [0, 0.05) is 11.8 Å². The van der Waals surface area contributed by atoms with Crippen LogP contribution in [0.15, 0.2) is 42.5 Å². The van der Waals surface area contributed by atoms with Crippen LogP contribution in [0.5, 0.6) is 11.5 Å². The molecule has 1 aliphatic rings. The predicted molar refractivity (Wildman–Crippen MR) is 107 cm³/mol. The van der Waals surface area contributed by atoms with Crippen LogP contribution in [0, 0.1) is 0 Å². The summed E-state index contributed by atoms with van der Waals surface area (Å²) in [5, 5.41) is 19.4. The number of methoxy groups -OCH3 is 1. The fourth-order valence-electron chi connectivity index (χ4n) is 3.49. The molecule has 1 amide bonds. The van der Waals surface area contributed by atoms with E-state index < -0.39 is 29.2 Å². The molecular weight excluding hydrogens is 384 g/mol. The molecule has 1 aliphatic carbocycles. The van der Waals surface area contributed by atoms with Crippen molar-refractivity contribution in [2.45, 2.75) is 31.3 Å². The molecule has 2 aromatic rings. The molecule has 0 aromatic heterocycles. The van der Waals surface area contributed by atoms with E-state index in [4.69, 9.17) is 10.5 Å². The summed E-state index contributed by atoms with van der Waals surface area (Å²) < 4.78 is 4.79. The van der Waals surface area contributed by atoms with Crippen LogP contribution in [0.2, 0.25) is 0 Å². The fourth-order valence-corrected chi connectivity index (χ4v) is 3.49. The van der Waals surface area contributed by atoms with Gasteiger partial charge in [-0.15, -0.1) is 12.4 Å². The number of fused-ring (bicyclic) bond motifs is 1. The molecule has 4 N–H and O–H groups in total. The third kappa shape index (κ3) is 3.76. The number of rotatable bonds is 4. The molecule has 150 valence electrons. The van der Waals surface area contributed by atoms with Gasteiger partial charge in [-0.25, -0.2) is 4.79 Å². The molecule has 0 aliphatic heterocycles. The van der Waals surface area contributed by atoms with Crippen LogP contribution >= 0.6 is 12.4 Å². The van der Waals surface area contributed by atoms with Crippen molar-refractivity contribution in [2.75, 3.05) is 12.0 Å². The van der Waals surface area contributed by atoms with Crippen LogP contribution in [0.25, 0.3) is 0 Å². The van der Waals surface area contributed by atoms with Gasteiger partial charge in [-0.3, -0.25) is 9.69 Å². The smallest absolute Gasteiger partial charge is 0.328 e. The Bertz CT molecular complexity index is 877. The molecule has 8 heteroatoms. The molecule has 1 unspecified atom stereocenters. The van der Waals surface area contributed by atoms with Gasteiger partial charge in [-0.1, -0.05) is 24.3 Å². The first-order valence-corrected chi connectivity index (χ1v) is 8.56. The Hall–Kier alpha value is -2.77. The van der Waals surface area contributed by atoms with E-state index in [1.54, 1.807) is 0 Å². The van der Waals surface area contributed by atoms with Gasteiger partial charge >= 0.3 is 5.97 Å². The number of halogens is 1. The molecular formula is C20H23ClN2O5. The minimum absolute atomic E-state index is 0. The molecule has 0 saturated heterocycles. The maximum Gasteiger partial charge on any atom is 0.328 e. The van der Waals surface area contributed by atoms with E-state index in [9.17, 15) is 19.8 Å². The van der Waals surface area contributed by atoms with E-state index >= 15 is 0 Å². The van der Waals surface area contributed by atoms with E-state index in [-0.39, 0.29) is 23.8 Å². The van der Waals surface area contributed by atoms with Gasteiger partial charge in [-0.05, 0) is 43.0 Å². The Balaban J connectivity index is 0.00000280. The number of benzene rings is 2. The molecule has 0 spiro atoms. The second-order valence-electron chi connectivity index (χ2n) is 6.83. The highest BCUT2D eigenvalue weighted by atomic mass is 35.5. The maximum atomic E-state index is 13.4. The Kier molecular flexibility index (Phi) is 6.21. The molecule has 28 heavy (non-hydrogen) atoms. The standard InChI is InChI=1S/C20H22N2O5.ClH/c1-12(18(25)27-2)22(15-7-8-16(23)17(24)9-15)19(26)20(21)10-13-5-3-4-6-14(13)11-20;/h3-9,12,23-24H,10-11,21H2,1-2H3;1H. The van der Waals surface area contributed by atoms with Crippen molar-refractivity contribution in [2.24, 2.45) is 5.73 Å². The molecule has 0 saturated carbocycles. The highest BCUT2D eigenvalue weighted by molar-refractivity contribution is 6.05. The van der Waals surface area contributed by atoms with Crippen LogP contribution in [0.4, 0.5) is 5.69 Å². The lowest BCUT2D eigenvalue weighted by Gasteiger charge is -2.34. The number of esters is 1. The summed E-state index contributed by atoms with van der Waals surface area (Å²) in [5.41, 5.74) is 7.49. The van der Waals surface area contributed by atoms with E-state index in [1.165, 1.54) is 37.1 Å². The summed E-state index contributed by atoms with van der Waals surface area (Å²) in [6.45, 7) is 1.53. The topological polar surface area (TPSA) is 113 Å². The quantitative estimate of drug-likeness (QED) is 0.528. The normalized spacial score (nSPS) is 15.1. The van der Waals surface area contributed by atoms with Crippen molar-refractivity contribution in [3.05, 3.63) is 53.6 Å². The highest BCUT2D eigenvalue weighted by Crippen LogP contribution is 2.35. The molecule has 0 bridgehead atoms. The maximum absolute atomic E-state index is 13.4. The largest absolute Gasteiger partial charge is 0.504 e. The first-order chi connectivity index (χ1) is 12.8. The predicted octanol–water partition coefficient (Wildman–Crippen LogP) is 1.91. The van der Waals surface area contributed by atoms with Gasteiger partial charge in [0.15, 0.2) is 11.5 Å². The van der Waals surface area contributed by atoms with Crippen molar-refractivity contribution < 1.29 is 24.5 Å². The minimum atomic E-state index is -1.22. The van der Waals surface area contributed by atoms with Gasteiger partial charge in [-0.2, -0.15) is 0 Å². The third-order valence-electron chi connectivity index (χ3n) is 4.94. The molecule has 0 heterocycles. The molecule has 2 aromatic carbocycles. The first-order valence-electron chi connectivity index (χ1n) is 8.56. The molecule has 0 fully saturated rings. The van der Waals surface area contributed by atoms with Gasteiger partial charge in [0.05, 0.1) is 7.11 Å². The molecule has 3 rings (SSSR count). The molecule has 0 radical (unpaired) electrons. The van der Waals surface area contributed by atoms with Gasteiger partial charge in [0.1, 0.15) is 11.6 Å². The number of ether oxygens (including phenoxy) is 1. The van der Waals surface area contributed by atoms with Crippen LogP contribution in [0.3, 0.4) is 0 Å². The molecule has 1 atom stereocenters. The summed E-state index contributed by atoms with van der Waals surface area (Å²) in [5.74, 6) is -1.80. The number of phenols is 2. The summed E-state index contributed by atoms with van der Waals surface area (Å²) in [7, 11) is 1.24. The van der Waals surface area contributed by atoms with E-state index in [1.807, 2.05) is 24.3 Å². The Morgan fingerprint density at radius 1 is 1.11 bits per heavy atom. The zero-order valence-corrected chi connectivity index (χ0v) is 16.4. The number of aromatic hydroxyl groups is 2. The van der Waals surface area contributed by atoms with Gasteiger partial charge in [0.25, 0.3) is 0 Å². The lowest BCUT2D eigenvalue weighted by molar-refractivity contribution is -0.143. The monoisotopic (exact) mass is 406 g/mol. The van der Waals surface area contributed by atoms with Crippen molar-refractivity contribution in [1.82, 2.24) is 0 Å². The summed E-state index contributed by atoms with van der Waals surface area (Å²) >= 11 is 0. The third-order valence-corrected chi connectivity index (χ3v) is 4.94. The average Bonchev–Trinajstić information content (AvgIpc) is 3.01. The number of nitrogens with zero attached hydrogens (tertiary/aromatic N) is 1. The van der Waals surface area contributed by atoms with Crippen molar-refractivity contribution in [3.8, 4) is 11.5 Å². The number of phenolic OH excluding ortho intramolecular Hbond substituents is 2. The number of hydrogen-bond acceptors (Lipinski definition) is 6. The lowest BCUT2D eigenvalue weighted by atomic mass is 9.94. The van der Waals surface area contributed by atoms with Crippen molar-refractivity contribution >= 4 is 30.0 Å². The van der Waals surface area contributed by atoms with E-state index in [0.29, 0.717) is 12.8 Å². The average molecular weight is 407 g/mol. The van der Waals surface area contributed by atoms with Crippen molar-refractivity contribution in [3.63, 3.8) is 0 Å². The zero-order valence-electron chi connectivity index (χ0n) is 15.6. The number of carbonyl (C=O) groups excluding carboxylic acids is 2. The van der Waals surface area contributed by atoms with E-state index in [2.05, 4.69) is 0 Å². The van der Waals surface area contributed by atoms with Crippen LogP contribution in [-0.4, -0.2) is 40.8 Å². The second kappa shape index (κ2) is 8.08. The Morgan fingerprint density at radius 2 is 1.68 bits per heavy atom. The van der Waals surface area contributed by atoms with Gasteiger partial charge in [0.2, 0.25) is 5.91 Å². The zero-order chi connectivity index (χ0) is 19.8. The number of amides is 1. The summed E-state index contributed by atoms with van der Waals surface area (Å²) in [6.07, 6.45) is 0.687. The highest BCUT2D eigenvalue weighted by Gasteiger charge is 2.45. The van der Waals surface area contributed by atoms with Gasteiger partial charge < -0.3 is 20.7 Å². The Morgan fingerprint density at radius 3 is 2.18 bits per heavy atom. The lowest BCUT2D eigenvalue weighted by Crippen LogP contribution is -2.59. The van der Waals surface area contributed by atoms with Crippen LogP contribution in [0.1, 0.15) is 18.1 Å².